The first-order valence-corrected chi connectivity index (χ1v) is 10.7. The van der Waals surface area contributed by atoms with Gasteiger partial charge < -0.3 is 4.74 Å². The number of hydrogen-bond acceptors (Lipinski definition) is 3. The van der Waals surface area contributed by atoms with E-state index in [0.717, 1.165) is 42.2 Å². The first kappa shape index (κ1) is 16.9. The topological polar surface area (TPSA) is 35.0 Å². The molecule has 0 aromatic carbocycles. The fourth-order valence-corrected chi connectivity index (χ4v) is 7.13. The lowest BCUT2D eigenvalue weighted by atomic mass is 9.48. The highest BCUT2D eigenvalue weighted by molar-refractivity contribution is 5.70. The summed E-state index contributed by atoms with van der Waals surface area (Å²) in [5.74, 6) is 2.48. The van der Waals surface area contributed by atoms with E-state index in [1.165, 1.54) is 44.1 Å². The van der Waals surface area contributed by atoms with Crippen LogP contribution in [0, 0.1) is 28.6 Å². The van der Waals surface area contributed by atoms with Crippen LogP contribution in [-0.4, -0.2) is 22.7 Å². The molecule has 26 heavy (non-hydrogen) atoms. The van der Waals surface area contributed by atoms with Gasteiger partial charge in [-0.25, -0.2) is 4.98 Å². The second-order valence-corrected chi connectivity index (χ2v) is 9.63. The minimum atomic E-state index is 0.283. The summed E-state index contributed by atoms with van der Waals surface area (Å²) in [7, 11) is 0. The van der Waals surface area contributed by atoms with Crippen molar-refractivity contribution in [1.82, 2.24) is 9.97 Å². The zero-order valence-corrected chi connectivity index (χ0v) is 16.5. The molecule has 0 radical (unpaired) electrons. The molecule has 1 aliphatic heterocycles. The first-order valence-electron chi connectivity index (χ1n) is 10.7. The summed E-state index contributed by atoms with van der Waals surface area (Å²) in [4.78, 5) is 9.41. The maximum Gasteiger partial charge on any atom is 0.0850 e. The zero-order chi connectivity index (χ0) is 17.9. The number of allylic oxidation sites excluding steroid dienone is 2. The van der Waals surface area contributed by atoms with Crippen LogP contribution in [0.3, 0.4) is 0 Å². The monoisotopic (exact) mass is 352 g/mol. The van der Waals surface area contributed by atoms with E-state index in [4.69, 9.17) is 9.72 Å². The van der Waals surface area contributed by atoms with Crippen molar-refractivity contribution in [3.8, 4) is 0 Å². The summed E-state index contributed by atoms with van der Waals surface area (Å²) in [6, 6.07) is 0. The molecule has 3 unspecified atom stereocenters. The molecule has 2 heterocycles. The molecule has 0 amide bonds. The normalized spacial score (nSPS) is 44.2. The van der Waals surface area contributed by atoms with Crippen LogP contribution in [0.5, 0.6) is 0 Å². The van der Waals surface area contributed by atoms with E-state index in [9.17, 15) is 0 Å². The van der Waals surface area contributed by atoms with Crippen molar-refractivity contribution in [2.45, 2.75) is 71.8 Å². The lowest BCUT2D eigenvalue weighted by Crippen LogP contribution is -2.51. The molecule has 3 heteroatoms. The molecule has 3 fully saturated rings. The molecular formula is C23H32N2O. The van der Waals surface area contributed by atoms with Gasteiger partial charge in [0, 0.05) is 12.8 Å². The third-order valence-electron chi connectivity index (χ3n) is 8.65. The minimum Gasteiger partial charge on any atom is -0.378 e. The fraction of sp³-hybridized carbons (Fsp3) is 0.739. The smallest absolute Gasteiger partial charge is 0.0850 e. The molecule has 3 nitrogen and oxygen atoms in total. The Bertz CT molecular complexity index is 743. The standard InChI is InChI=1S/C23H32N2O/c1-4-15-13-24-14-20(25-15)19-7-6-17-16-5-8-21-23(3,11-12-26-21)18(16)9-10-22(17,19)2/h7,13-14,16-18,21H,4-6,8-12H2,1-3H3/t16-,17?,18?,21?,22-,23+/m0/s1. The maximum atomic E-state index is 6.13. The van der Waals surface area contributed by atoms with Gasteiger partial charge in [0.15, 0.2) is 0 Å². The zero-order valence-electron chi connectivity index (χ0n) is 16.5. The Morgan fingerprint density at radius 1 is 1.12 bits per heavy atom. The van der Waals surface area contributed by atoms with Crippen LogP contribution in [0.4, 0.5) is 0 Å². The average Bonchev–Trinajstić information content (AvgIpc) is 3.21. The van der Waals surface area contributed by atoms with Gasteiger partial charge in [-0.2, -0.15) is 0 Å². The van der Waals surface area contributed by atoms with E-state index < -0.39 is 0 Å². The van der Waals surface area contributed by atoms with Crippen molar-refractivity contribution in [2.24, 2.45) is 28.6 Å². The minimum absolute atomic E-state index is 0.283. The van der Waals surface area contributed by atoms with Crippen LogP contribution in [0.2, 0.25) is 0 Å². The van der Waals surface area contributed by atoms with Crippen molar-refractivity contribution in [1.29, 1.82) is 0 Å². The predicted octanol–water partition coefficient (Wildman–Crippen LogP) is 5.06. The number of aromatic nitrogens is 2. The molecule has 4 aliphatic rings. The van der Waals surface area contributed by atoms with Crippen molar-refractivity contribution in [3.63, 3.8) is 0 Å². The van der Waals surface area contributed by atoms with Crippen LogP contribution < -0.4 is 0 Å². The van der Waals surface area contributed by atoms with Gasteiger partial charge in [-0.15, -0.1) is 0 Å². The molecule has 0 spiro atoms. The molecule has 1 aromatic heterocycles. The summed E-state index contributed by atoms with van der Waals surface area (Å²) >= 11 is 0. The van der Waals surface area contributed by atoms with E-state index in [1.54, 1.807) is 0 Å². The van der Waals surface area contributed by atoms with Crippen molar-refractivity contribution >= 4 is 5.57 Å². The highest BCUT2D eigenvalue weighted by Crippen LogP contribution is 2.66. The highest BCUT2D eigenvalue weighted by atomic mass is 16.5. The second-order valence-electron chi connectivity index (χ2n) is 9.63. The molecule has 1 saturated heterocycles. The van der Waals surface area contributed by atoms with Crippen molar-refractivity contribution < 1.29 is 4.74 Å². The third kappa shape index (κ3) is 2.22. The van der Waals surface area contributed by atoms with Gasteiger partial charge >= 0.3 is 0 Å². The fourth-order valence-electron chi connectivity index (χ4n) is 7.13. The molecule has 2 saturated carbocycles. The number of aryl methyl sites for hydroxylation is 1. The molecule has 0 bridgehead atoms. The quantitative estimate of drug-likeness (QED) is 0.746. The van der Waals surface area contributed by atoms with E-state index in [2.05, 4.69) is 31.8 Å². The Morgan fingerprint density at radius 2 is 2.00 bits per heavy atom. The molecular weight excluding hydrogens is 320 g/mol. The van der Waals surface area contributed by atoms with Gasteiger partial charge in [0.05, 0.1) is 23.7 Å². The largest absolute Gasteiger partial charge is 0.378 e. The number of nitrogens with zero attached hydrogens (tertiary/aromatic N) is 2. The molecule has 6 atom stereocenters. The summed E-state index contributed by atoms with van der Waals surface area (Å²) in [6.45, 7) is 8.20. The summed E-state index contributed by atoms with van der Waals surface area (Å²) in [5.41, 5.74) is 4.44. The SMILES string of the molecule is CCc1cncc(C2=CCC3[C@@H]4CCC5OCC[C@]5(C)C4CC[C@]23C)n1. The Balaban J connectivity index is 1.46. The van der Waals surface area contributed by atoms with E-state index >= 15 is 0 Å². The number of hydrogen-bond donors (Lipinski definition) is 0. The van der Waals surface area contributed by atoms with Crippen molar-refractivity contribution in [3.05, 3.63) is 29.9 Å². The van der Waals surface area contributed by atoms with Crippen LogP contribution in [0.1, 0.15) is 70.7 Å². The van der Waals surface area contributed by atoms with Crippen LogP contribution in [0.25, 0.3) is 5.57 Å². The van der Waals surface area contributed by atoms with Gasteiger partial charge in [-0.3, -0.25) is 4.98 Å². The summed E-state index contributed by atoms with van der Waals surface area (Å²) in [6.07, 6.45) is 15.7. The van der Waals surface area contributed by atoms with Crippen LogP contribution in [0.15, 0.2) is 18.5 Å². The number of ether oxygens (including phenoxy) is 1. The van der Waals surface area contributed by atoms with Gasteiger partial charge in [0.25, 0.3) is 0 Å². The summed E-state index contributed by atoms with van der Waals surface area (Å²) < 4.78 is 6.13. The van der Waals surface area contributed by atoms with Gasteiger partial charge in [-0.1, -0.05) is 26.8 Å². The van der Waals surface area contributed by atoms with Crippen molar-refractivity contribution in [2.75, 3.05) is 6.61 Å². The van der Waals surface area contributed by atoms with Gasteiger partial charge in [0.2, 0.25) is 0 Å². The van der Waals surface area contributed by atoms with Gasteiger partial charge in [0.1, 0.15) is 0 Å². The maximum absolute atomic E-state index is 6.13. The average molecular weight is 353 g/mol. The number of fused-ring (bicyclic) bond motifs is 5. The number of rotatable bonds is 2. The predicted molar refractivity (Wildman–Crippen MR) is 104 cm³/mol. The third-order valence-corrected chi connectivity index (χ3v) is 8.65. The first-order chi connectivity index (χ1) is 12.6. The van der Waals surface area contributed by atoms with Crippen LogP contribution in [-0.2, 0) is 11.2 Å². The van der Waals surface area contributed by atoms with Crippen LogP contribution >= 0.6 is 0 Å². The van der Waals surface area contributed by atoms with E-state index in [0.29, 0.717) is 11.5 Å². The lowest BCUT2D eigenvalue weighted by molar-refractivity contribution is -0.0890. The van der Waals surface area contributed by atoms with Gasteiger partial charge in [-0.05, 0) is 79.1 Å². The lowest BCUT2D eigenvalue weighted by Gasteiger charge is -2.56. The Hall–Kier alpha value is -1.22. The Labute approximate surface area is 157 Å². The molecule has 0 N–H and O–H groups in total. The van der Waals surface area contributed by atoms with E-state index in [-0.39, 0.29) is 5.41 Å². The molecule has 1 aromatic rings. The molecule has 5 rings (SSSR count). The molecule has 3 aliphatic carbocycles. The highest BCUT2D eigenvalue weighted by Gasteiger charge is 2.59. The van der Waals surface area contributed by atoms with E-state index in [1.807, 2.05) is 12.4 Å². The Morgan fingerprint density at radius 3 is 2.85 bits per heavy atom. The summed E-state index contributed by atoms with van der Waals surface area (Å²) in [5, 5.41) is 0. The Kier molecular flexibility index (Phi) is 3.83. The molecule has 140 valence electrons. The second kappa shape index (κ2) is 5.89.